The smallest absolute Gasteiger partial charge is 0.253 e. The Morgan fingerprint density at radius 1 is 1.27 bits per heavy atom. The fourth-order valence-corrected chi connectivity index (χ4v) is 2.55. The molecule has 4 nitrogen and oxygen atoms in total. The summed E-state index contributed by atoms with van der Waals surface area (Å²) < 4.78 is 18.9. The Kier molecular flexibility index (Phi) is 4.06. The molecule has 2 atom stereocenters. The van der Waals surface area contributed by atoms with Crippen LogP contribution in [-0.4, -0.2) is 17.6 Å². The molecule has 3 rings (SSSR count). The maximum Gasteiger partial charge on any atom is 0.253 e. The summed E-state index contributed by atoms with van der Waals surface area (Å²) in [5.74, 6) is -0.326. The van der Waals surface area contributed by atoms with Crippen molar-refractivity contribution < 1.29 is 19.0 Å². The zero-order valence-corrected chi connectivity index (χ0v) is 11.8. The second-order valence-electron chi connectivity index (χ2n) is 5.19. The van der Waals surface area contributed by atoms with Gasteiger partial charge >= 0.3 is 0 Å². The number of nitrogens with one attached hydrogen (secondary N) is 1. The number of benzene rings is 2. The number of rotatable bonds is 3. The minimum atomic E-state index is -1.25. The van der Waals surface area contributed by atoms with E-state index >= 15 is 0 Å². The molecule has 1 amide bonds. The number of carbonyl (C=O) groups excluding carboxylic acids is 1. The van der Waals surface area contributed by atoms with Gasteiger partial charge in [0.1, 0.15) is 11.6 Å². The summed E-state index contributed by atoms with van der Waals surface area (Å²) >= 11 is 0. The highest BCUT2D eigenvalue weighted by atomic mass is 19.1. The van der Waals surface area contributed by atoms with Gasteiger partial charge in [0.05, 0.1) is 12.6 Å². The average molecular weight is 301 g/mol. The summed E-state index contributed by atoms with van der Waals surface area (Å²) in [6.07, 6.45) is -0.718. The van der Waals surface area contributed by atoms with Gasteiger partial charge in [-0.05, 0) is 23.8 Å². The molecular weight excluding hydrogens is 285 g/mol. The minimum Gasteiger partial charge on any atom is -0.493 e. The first-order valence-electron chi connectivity index (χ1n) is 7.11. The highest BCUT2D eigenvalue weighted by molar-refractivity contribution is 5.82. The van der Waals surface area contributed by atoms with Crippen LogP contribution < -0.4 is 10.1 Å². The summed E-state index contributed by atoms with van der Waals surface area (Å²) in [5.41, 5.74) is 1.12. The first-order chi connectivity index (χ1) is 10.6. The molecule has 0 fully saturated rings. The molecule has 5 heteroatoms. The van der Waals surface area contributed by atoms with Crippen molar-refractivity contribution in [1.29, 1.82) is 0 Å². The third kappa shape index (κ3) is 2.94. The maximum atomic E-state index is 13.4. The van der Waals surface area contributed by atoms with Gasteiger partial charge in [0.25, 0.3) is 5.91 Å². The Morgan fingerprint density at radius 2 is 2.05 bits per heavy atom. The molecule has 0 spiro atoms. The summed E-state index contributed by atoms with van der Waals surface area (Å²) in [5, 5.41) is 12.9. The SMILES string of the molecule is O=C(N[C@@H]1CCOc2ccc(F)cc21)[C@H](O)c1ccccc1. The van der Waals surface area contributed by atoms with Gasteiger partial charge in [-0.15, -0.1) is 0 Å². The van der Waals surface area contributed by atoms with Crippen LogP contribution in [0.1, 0.15) is 29.7 Å². The zero-order chi connectivity index (χ0) is 15.5. The normalized spacial score (nSPS) is 18.0. The van der Waals surface area contributed by atoms with Gasteiger partial charge in [-0.25, -0.2) is 4.39 Å². The van der Waals surface area contributed by atoms with Gasteiger partial charge in [-0.1, -0.05) is 30.3 Å². The second-order valence-corrected chi connectivity index (χ2v) is 5.19. The Hall–Kier alpha value is -2.40. The Balaban J connectivity index is 1.77. The average Bonchev–Trinajstić information content (AvgIpc) is 2.55. The van der Waals surface area contributed by atoms with Crippen LogP contribution in [-0.2, 0) is 4.79 Å². The summed E-state index contributed by atoms with van der Waals surface area (Å²) in [6.45, 7) is 0.436. The van der Waals surface area contributed by atoms with Gasteiger partial charge in [0.15, 0.2) is 6.10 Å². The topological polar surface area (TPSA) is 58.6 Å². The quantitative estimate of drug-likeness (QED) is 0.916. The van der Waals surface area contributed by atoms with Crippen molar-refractivity contribution in [2.75, 3.05) is 6.61 Å². The van der Waals surface area contributed by atoms with Gasteiger partial charge in [-0.3, -0.25) is 4.79 Å². The summed E-state index contributed by atoms with van der Waals surface area (Å²) in [7, 11) is 0. The van der Waals surface area contributed by atoms with Gasteiger partial charge in [0.2, 0.25) is 0 Å². The molecule has 0 aliphatic carbocycles. The molecule has 0 radical (unpaired) electrons. The van der Waals surface area contributed by atoms with E-state index < -0.39 is 12.0 Å². The van der Waals surface area contributed by atoms with E-state index in [1.54, 1.807) is 30.3 Å². The highest BCUT2D eigenvalue weighted by Gasteiger charge is 2.26. The minimum absolute atomic E-state index is 0.370. The van der Waals surface area contributed by atoms with Crippen LogP contribution in [0.3, 0.4) is 0 Å². The van der Waals surface area contributed by atoms with Crippen molar-refractivity contribution in [3.63, 3.8) is 0 Å². The molecule has 22 heavy (non-hydrogen) atoms. The monoisotopic (exact) mass is 301 g/mol. The summed E-state index contributed by atoms with van der Waals surface area (Å²) in [4.78, 5) is 12.2. The van der Waals surface area contributed by atoms with E-state index in [4.69, 9.17) is 4.74 Å². The predicted octanol–water partition coefficient (Wildman–Crippen LogP) is 2.50. The van der Waals surface area contributed by atoms with Crippen LogP contribution >= 0.6 is 0 Å². The van der Waals surface area contributed by atoms with E-state index in [2.05, 4.69) is 5.32 Å². The first-order valence-corrected chi connectivity index (χ1v) is 7.11. The number of aliphatic hydroxyl groups excluding tert-OH is 1. The van der Waals surface area contributed by atoms with Crippen LogP contribution in [0, 0.1) is 5.82 Å². The molecule has 0 saturated heterocycles. The van der Waals surface area contributed by atoms with Gasteiger partial charge in [0, 0.05) is 12.0 Å². The lowest BCUT2D eigenvalue weighted by molar-refractivity contribution is -0.130. The van der Waals surface area contributed by atoms with E-state index in [0.717, 1.165) is 0 Å². The van der Waals surface area contributed by atoms with Crippen LogP contribution in [0.15, 0.2) is 48.5 Å². The molecule has 1 heterocycles. The number of amides is 1. The van der Waals surface area contributed by atoms with E-state index in [0.29, 0.717) is 29.9 Å². The molecule has 0 saturated carbocycles. The molecule has 1 aliphatic heterocycles. The Bertz CT molecular complexity index is 675. The molecule has 0 bridgehead atoms. The lowest BCUT2D eigenvalue weighted by Crippen LogP contribution is -2.35. The fraction of sp³-hybridized carbons (Fsp3) is 0.235. The van der Waals surface area contributed by atoms with Crippen molar-refractivity contribution in [3.05, 3.63) is 65.5 Å². The number of carbonyl (C=O) groups is 1. The second kappa shape index (κ2) is 6.15. The standard InChI is InChI=1S/C17H16FNO3/c18-12-6-7-15-13(10-12)14(8-9-22-15)19-17(21)16(20)11-4-2-1-3-5-11/h1-7,10,14,16,20H,8-9H2,(H,19,21)/t14-,16-/m1/s1. The van der Waals surface area contributed by atoms with Crippen LogP contribution in [0.5, 0.6) is 5.75 Å². The molecular formula is C17H16FNO3. The van der Waals surface area contributed by atoms with Crippen LogP contribution in [0.2, 0.25) is 0 Å². The number of aliphatic hydroxyl groups is 1. The van der Waals surface area contributed by atoms with E-state index in [1.807, 2.05) is 6.07 Å². The number of halogens is 1. The number of fused-ring (bicyclic) bond motifs is 1. The molecule has 114 valence electrons. The van der Waals surface area contributed by atoms with E-state index in [-0.39, 0.29) is 11.9 Å². The Labute approximate surface area is 127 Å². The third-order valence-corrected chi connectivity index (χ3v) is 3.69. The van der Waals surface area contributed by atoms with E-state index in [9.17, 15) is 14.3 Å². The predicted molar refractivity (Wildman–Crippen MR) is 78.8 cm³/mol. The first kappa shape index (κ1) is 14.5. The lowest BCUT2D eigenvalue weighted by atomic mass is 9.99. The van der Waals surface area contributed by atoms with Crippen molar-refractivity contribution >= 4 is 5.91 Å². The Morgan fingerprint density at radius 3 is 2.82 bits per heavy atom. The molecule has 0 aromatic heterocycles. The fourth-order valence-electron chi connectivity index (χ4n) is 2.55. The van der Waals surface area contributed by atoms with Gasteiger partial charge < -0.3 is 15.2 Å². The lowest BCUT2D eigenvalue weighted by Gasteiger charge is -2.27. The molecule has 2 N–H and O–H groups in total. The third-order valence-electron chi connectivity index (χ3n) is 3.69. The number of hydrogen-bond donors (Lipinski definition) is 2. The number of ether oxygens (including phenoxy) is 1. The zero-order valence-electron chi connectivity index (χ0n) is 11.8. The highest BCUT2D eigenvalue weighted by Crippen LogP contribution is 2.32. The van der Waals surface area contributed by atoms with Crippen LogP contribution in [0.4, 0.5) is 4.39 Å². The van der Waals surface area contributed by atoms with Crippen molar-refractivity contribution in [3.8, 4) is 5.75 Å². The number of hydrogen-bond acceptors (Lipinski definition) is 3. The van der Waals surface area contributed by atoms with Crippen LogP contribution in [0.25, 0.3) is 0 Å². The van der Waals surface area contributed by atoms with E-state index in [1.165, 1.54) is 12.1 Å². The molecule has 2 aromatic carbocycles. The molecule has 0 unspecified atom stereocenters. The summed E-state index contributed by atoms with van der Waals surface area (Å²) in [6, 6.07) is 12.5. The largest absolute Gasteiger partial charge is 0.493 e. The van der Waals surface area contributed by atoms with Crippen molar-refractivity contribution in [2.24, 2.45) is 0 Å². The molecule has 1 aliphatic rings. The van der Waals surface area contributed by atoms with Crippen molar-refractivity contribution in [2.45, 2.75) is 18.6 Å². The maximum absolute atomic E-state index is 13.4. The molecule has 2 aromatic rings. The van der Waals surface area contributed by atoms with Gasteiger partial charge in [-0.2, -0.15) is 0 Å². The van der Waals surface area contributed by atoms with Crippen molar-refractivity contribution in [1.82, 2.24) is 5.32 Å².